The summed E-state index contributed by atoms with van der Waals surface area (Å²) in [4.78, 5) is 10.00. The van der Waals surface area contributed by atoms with Gasteiger partial charge in [-0.1, -0.05) is 0 Å². The Morgan fingerprint density at radius 1 is 1.50 bits per heavy atom. The molecule has 0 atom stereocenters. The van der Waals surface area contributed by atoms with E-state index in [0.29, 0.717) is 26.3 Å². The molecule has 0 spiro atoms. The summed E-state index contributed by atoms with van der Waals surface area (Å²) >= 11 is 0. The van der Waals surface area contributed by atoms with Crippen LogP contribution in [0, 0.1) is 0 Å². The van der Waals surface area contributed by atoms with E-state index in [-0.39, 0.29) is 0 Å². The summed E-state index contributed by atoms with van der Waals surface area (Å²) < 4.78 is 5.04. The molecule has 0 aromatic rings. The molecule has 1 heterocycles. The number of rotatable bonds is 2. The fourth-order valence-electron chi connectivity index (χ4n) is 0.827. The molecule has 5 heteroatoms. The third kappa shape index (κ3) is 1.66. The van der Waals surface area contributed by atoms with E-state index < -0.39 is 0 Å². The Balaban J connectivity index is 2.30. The molecule has 1 saturated heterocycles. The van der Waals surface area contributed by atoms with Gasteiger partial charge >= 0.3 is 6.41 Å². The summed E-state index contributed by atoms with van der Waals surface area (Å²) in [5.74, 6) is 5.23. The first kappa shape index (κ1) is 7.46. The van der Waals surface area contributed by atoms with E-state index >= 15 is 0 Å². The molecule has 0 aromatic heterocycles. The maximum Gasteiger partial charge on any atom is 0.343 e. The van der Waals surface area contributed by atoms with Crippen molar-refractivity contribution in [2.75, 3.05) is 26.3 Å². The average Bonchev–Trinajstić information content (AvgIpc) is 2.05. The molecule has 1 fully saturated rings. The van der Waals surface area contributed by atoms with Crippen LogP contribution in [0.2, 0.25) is 0 Å². The van der Waals surface area contributed by atoms with E-state index in [9.17, 15) is 4.79 Å². The zero-order chi connectivity index (χ0) is 7.40. The van der Waals surface area contributed by atoms with Crippen molar-refractivity contribution in [3.05, 3.63) is 0 Å². The number of nitrogens with two attached hydrogens (primary N) is 1. The highest BCUT2D eigenvalue weighted by Crippen LogP contribution is 1.95. The Morgan fingerprint density at radius 3 is 2.60 bits per heavy atom. The standard InChI is InChI=1S/C5H10N3O2/c6-8(5-9)7-1-3-10-4-2-7/h1-4,6H2. The second-order valence-electron chi connectivity index (χ2n) is 2.00. The maximum atomic E-state index is 10.00. The molecule has 1 aliphatic rings. The van der Waals surface area contributed by atoms with Crippen LogP contribution in [0.15, 0.2) is 0 Å². The molecule has 1 aliphatic heterocycles. The molecule has 1 amide bonds. The SMILES string of the molecule is NN([C]=O)N1CCOCC1. The van der Waals surface area contributed by atoms with E-state index in [1.54, 1.807) is 11.4 Å². The molecule has 57 valence electrons. The number of hydrogen-bond donors (Lipinski definition) is 1. The van der Waals surface area contributed by atoms with Crippen LogP contribution in [0.5, 0.6) is 0 Å². The van der Waals surface area contributed by atoms with E-state index in [1.165, 1.54) is 0 Å². The smallest absolute Gasteiger partial charge is 0.343 e. The van der Waals surface area contributed by atoms with Crippen LogP contribution in [0.4, 0.5) is 0 Å². The van der Waals surface area contributed by atoms with Crippen LogP contribution in [0.25, 0.3) is 0 Å². The molecule has 0 aromatic carbocycles. The third-order valence-electron chi connectivity index (χ3n) is 1.39. The highest BCUT2D eigenvalue weighted by Gasteiger charge is 2.13. The van der Waals surface area contributed by atoms with Crippen molar-refractivity contribution >= 4 is 6.41 Å². The Kier molecular flexibility index (Phi) is 2.61. The van der Waals surface area contributed by atoms with Crippen molar-refractivity contribution in [3.63, 3.8) is 0 Å². The van der Waals surface area contributed by atoms with Crippen molar-refractivity contribution in [2.45, 2.75) is 0 Å². The van der Waals surface area contributed by atoms with Crippen LogP contribution in [0.1, 0.15) is 0 Å². The molecule has 5 nitrogen and oxygen atoms in total. The minimum absolute atomic E-state index is 0.620. The quantitative estimate of drug-likeness (QED) is 0.221. The van der Waals surface area contributed by atoms with Gasteiger partial charge in [0.15, 0.2) is 0 Å². The van der Waals surface area contributed by atoms with Gasteiger partial charge in [-0.3, -0.25) is 4.79 Å². The van der Waals surface area contributed by atoms with Gasteiger partial charge in [-0.25, -0.2) is 5.84 Å². The van der Waals surface area contributed by atoms with Crippen LogP contribution in [-0.2, 0) is 9.53 Å². The first-order chi connectivity index (χ1) is 4.84. The highest BCUT2D eigenvalue weighted by molar-refractivity contribution is 5.45. The zero-order valence-corrected chi connectivity index (χ0v) is 5.62. The Bertz CT molecular complexity index is 113. The molecule has 1 radical (unpaired) electrons. The Hall–Kier alpha value is -0.650. The van der Waals surface area contributed by atoms with Gasteiger partial charge in [-0.2, -0.15) is 10.1 Å². The fourth-order valence-corrected chi connectivity index (χ4v) is 0.827. The van der Waals surface area contributed by atoms with Crippen molar-refractivity contribution in [2.24, 2.45) is 5.84 Å². The van der Waals surface area contributed by atoms with Crippen LogP contribution in [0.3, 0.4) is 0 Å². The monoisotopic (exact) mass is 144 g/mol. The van der Waals surface area contributed by atoms with Crippen LogP contribution in [-0.4, -0.2) is 42.8 Å². The van der Waals surface area contributed by atoms with Crippen molar-refractivity contribution in [1.29, 1.82) is 0 Å². The molecule has 10 heavy (non-hydrogen) atoms. The summed E-state index contributed by atoms with van der Waals surface area (Å²) in [7, 11) is 0. The second kappa shape index (κ2) is 3.50. The predicted molar refractivity (Wildman–Crippen MR) is 34.1 cm³/mol. The van der Waals surface area contributed by atoms with Crippen LogP contribution < -0.4 is 5.84 Å². The summed E-state index contributed by atoms with van der Waals surface area (Å²) in [5.41, 5.74) is 0. The number of nitrogens with zero attached hydrogens (tertiary/aromatic N) is 2. The average molecular weight is 144 g/mol. The number of carbonyl (C=O) groups excluding carboxylic acids is 1. The minimum atomic E-state index is 0.620. The lowest BCUT2D eigenvalue weighted by atomic mass is 10.5. The minimum Gasteiger partial charge on any atom is -0.379 e. The van der Waals surface area contributed by atoms with E-state index in [1.807, 2.05) is 0 Å². The van der Waals surface area contributed by atoms with Gasteiger partial charge in [0.05, 0.1) is 13.2 Å². The molecule has 2 N–H and O–H groups in total. The summed E-state index contributed by atoms with van der Waals surface area (Å²) in [6.07, 6.45) is 1.57. The van der Waals surface area contributed by atoms with Gasteiger partial charge < -0.3 is 4.74 Å². The Labute approximate surface area is 59.3 Å². The molecule has 0 bridgehead atoms. The molecule has 0 aliphatic carbocycles. The fraction of sp³-hybridized carbons (Fsp3) is 0.800. The van der Waals surface area contributed by atoms with E-state index in [4.69, 9.17) is 10.6 Å². The number of hydrogen-bond acceptors (Lipinski definition) is 4. The molecule has 1 rings (SSSR count). The largest absolute Gasteiger partial charge is 0.379 e. The lowest BCUT2D eigenvalue weighted by Crippen LogP contribution is -2.51. The topological polar surface area (TPSA) is 58.8 Å². The molecular weight excluding hydrogens is 134 g/mol. The molecule has 0 unspecified atom stereocenters. The second-order valence-corrected chi connectivity index (χ2v) is 2.00. The van der Waals surface area contributed by atoms with E-state index in [0.717, 1.165) is 5.12 Å². The van der Waals surface area contributed by atoms with E-state index in [2.05, 4.69) is 0 Å². The molecular formula is C5H10N3O2. The highest BCUT2D eigenvalue weighted by atomic mass is 16.5. The zero-order valence-electron chi connectivity index (χ0n) is 5.62. The van der Waals surface area contributed by atoms with Gasteiger partial charge in [0.2, 0.25) is 0 Å². The number of morpholine rings is 1. The van der Waals surface area contributed by atoms with Gasteiger partial charge in [0.25, 0.3) is 0 Å². The Morgan fingerprint density at radius 2 is 2.10 bits per heavy atom. The summed E-state index contributed by atoms with van der Waals surface area (Å²) in [6, 6.07) is 0. The lowest BCUT2D eigenvalue weighted by Gasteiger charge is -2.30. The maximum absolute atomic E-state index is 10.00. The van der Waals surface area contributed by atoms with Gasteiger partial charge in [0, 0.05) is 13.1 Å². The summed E-state index contributed by atoms with van der Waals surface area (Å²) in [5, 5.41) is 2.61. The van der Waals surface area contributed by atoms with Crippen molar-refractivity contribution < 1.29 is 9.53 Å². The van der Waals surface area contributed by atoms with Gasteiger partial charge in [0.1, 0.15) is 0 Å². The molecule has 0 saturated carbocycles. The number of ether oxygens (including phenoxy) is 1. The predicted octanol–water partition coefficient (Wildman–Crippen LogP) is -1.52. The van der Waals surface area contributed by atoms with Crippen molar-refractivity contribution in [1.82, 2.24) is 10.1 Å². The summed E-state index contributed by atoms with van der Waals surface area (Å²) in [6.45, 7) is 2.56. The van der Waals surface area contributed by atoms with Gasteiger partial charge in [-0.05, 0) is 0 Å². The number of amides is 1. The third-order valence-corrected chi connectivity index (χ3v) is 1.39. The normalized spacial score (nSPS) is 20.5. The van der Waals surface area contributed by atoms with Gasteiger partial charge in [-0.15, -0.1) is 0 Å². The first-order valence-corrected chi connectivity index (χ1v) is 3.10. The number of hydrazine groups is 2. The van der Waals surface area contributed by atoms with Crippen molar-refractivity contribution in [3.8, 4) is 0 Å². The first-order valence-electron chi connectivity index (χ1n) is 3.10. The lowest BCUT2D eigenvalue weighted by molar-refractivity contribution is -0.0518. The van der Waals surface area contributed by atoms with Crippen LogP contribution >= 0.6 is 0 Å².